The highest BCUT2D eigenvalue weighted by molar-refractivity contribution is 7.94. The molecule has 30 heavy (non-hydrogen) atoms. The molecule has 0 aromatic heterocycles. The van der Waals surface area contributed by atoms with Gasteiger partial charge in [0, 0.05) is 0 Å². The van der Waals surface area contributed by atoms with Gasteiger partial charge in [-0.1, -0.05) is 114 Å². The van der Waals surface area contributed by atoms with Gasteiger partial charge in [0.1, 0.15) is 0 Å². The van der Waals surface area contributed by atoms with Crippen LogP contribution in [0.25, 0.3) is 0 Å². The largest absolute Gasteiger partial charge is 0.100 e. The van der Waals surface area contributed by atoms with Crippen molar-refractivity contribution in [1.82, 2.24) is 0 Å². The van der Waals surface area contributed by atoms with Crippen molar-refractivity contribution in [3.8, 4) is 0 Å². The van der Waals surface area contributed by atoms with Gasteiger partial charge in [0.05, 0.1) is 0 Å². The van der Waals surface area contributed by atoms with Crippen LogP contribution < -0.4 is 15.9 Å². The monoisotopic (exact) mass is 412 g/mol. The maximum atomic E-state index is 4.02. The van der Waals surface area contributed by atoms with Gasteiger partial charge in [0.2, 0.25) is 0 Å². The van der Waals surface area contributed by atoms with Crippen molar-refractivity contribution in [2.45, 2.75) is 39.5 Å². The molecular formula is C29H33P. The molecule has 3 aromatic rings. The third-order valence-electron chi connectivity index (χ3n) is 5.50. The minimum absolute atomic E-state index is 1.07. The Morgan fingerprint density at radius 3 is 1.50 bits per heavy atom. The van der Waals surface area contributed by atoms with Crippen LogP contribution in [0, 0.1) is 0 Å². The number of rotatable bonds is 9. The molecule has 0 aliphatic rings. The topological polar surface area (TPSA) is 0 Å². The lowest BCUT2D eigenvalue weighted by Gasteiger charge is -2.29. The Morgan fingerprint density at radius 1 is 0.667 bits per heavy atom. The molecule has 0 saturated heterocycles. The zero-order chi connectivity index (χ0) is 21.2. The quantitative estimate of drug-likeness (QED) is 0.266. The van der Waals surface area contributed by atoms with E-state index in [1.54, 1.807) is 0 Å². The molecule has 154 valence electrons. The molecule has 3 aromatic carbocycles. The maximum Gasteiger partial charge on any atom is -0.0163 e. The van der Waals surface area contributed by atoms with Crippen molar-refractivity contribution < 1.29 is 0 Å². The summed E-state index contributed by atoms with van der Waals surface area (Å²) in [6, 6.07) is 33.2. The highest BCUT2D eigenvalue weighted by atomic mass is 31.2. The minimum atomic E-state index is -1.82. The number of hydrogen-bond donors (Lipinski definition) is 0. The molecule has 0 nitrogen and oxygen atoms in total. The van der Waals surface area contributed by atoms with Crippen molar-refractivity contribution in [1.29, 1.82) is 0 Å². The van der Waals surface area contributed by atoms with Crippen LogP contribution in [0.2, 0.25) is 0 Å². The summed E-state index contributed by atoms with van der Waals surface area (Å²) >= 11 is 0. The zero-order valence-electron chi connectivity index (χ0n) is 18.3. The fraction of sp³-hybridized carbons (Fsp3) is 0.207. The van der Waals surface area contributed by atoms with Crippen LogP contribution in [-0.2, 0) is 0 Å². The first-order valence-corrected chi connectivity index (χ1v) is 12.7. The van der Waals surface area contributed by atoms with Crippen molar-refractivity contribution in [3.63, 3.8) is 0 Å². The summed E-state index contributed by atoms with van der Waals surface area (Å²) in [5, 5.41) is 4.27. The second kappa shape index (κ2) is 11.0. The molecule has 0 atom stereocenters. The molecule has 0 N–H and O–H groups in total. The van der Waals surface area contributed by atoms with Gasteiger partial charge in [-0.2, -0.15) is 0 Å². The first-order chi connectivity index (χ1) is 14.6. The average Bonchev–Trinajstić information content (AvgIpc) is 2.78. The Kier molecular flexibility index (Phi) is 8.12. The fourth-order valence-corrected chi connectivity index (χ4v) is 7.88. The van der Waals surface area contributed by atoms with Crippen LogP contribution in [0.1, 0.15) is 39.5 Å². The van der Waals surface area contributed by atoms with E-state index in [4.69, 9.17) is 0 Å². The first-order valence-electron chi connectivity index (χ1n) is 10.8. The standard InChI is InChI=1S/C29H33P/c1-25(2)15-13-16-26(3)17-14-24-30(27-18-7-4-8-19-27,28-20-9-5-10-21-28)29-22-11-6-12-23-29/h4-12,16,18-24H,1,13-15,17H2,2-3H3/b26-16+. The van der Waals surface area contributed by atoms with E-state index in [0.29, 0.717) is 0 Å². The summed E-state index contributed by atoms with van der Waals surface area (Å²) in [4.78, 5) is 0. The molecule has 0 spiro atoms. The van der Waals surface area contributed by atoms with E-state index in [2.05, 4.69) is 123 Å². The molecule has 0 radical (unpaired) electrons. The second-order valence-electron chi connectivity index (χ2n) is 8.00. The van der Waals surface area contributed by atoms with E-state index in [1.807, 2.05) is 0 Å². The smallest absolute Gasteiger partial charge is 0.0163 e. The molecule has 0 unspecified atom stereocenters. The summed E-state index contributed by atoms with van der Waals surface area (Å²) in [5.41, 5.74) is 2.73. The molecule has 0 bridgehead atoms. The van der Waals surface area contributed by atoms with Crippen molar-refractivity contribution >= 4 is 28.6 Å². The lowest BCUT2D eigenvalue weighted by Crippen LogP contribution is -2.27. The predicted molar refractivity (Wildman–Crippen MR) is 138 cm³/mol. The normalized spacial score (nSPS) is 11.9. The van der Waals surface area contributed by atoms with Crippen molar-refractivity contribution in [2.75, 3.05) is 0 Å². The second-order valence-corrected chi connectivity index (χ2v) is 11.4. The number of allylic oxidation sites excluding steroid dienone is 3. The number of hydrogen-bond acceptors (Lipinski definition) is 0. The molecule has 0 saturated carbocycles. The molecule has 0 aliphatic carbocycles. The van der Waals surface area contributed by atoms with Crippen LogP contribution >= 0.6 is 6.89 Å². The van der Waals surface area contributed by atoms with Gasteiger partial charge in [-0.3, -0.25) is 0 Å². The van der Waals surface area contributed by atoms with Crippen molar-refractivity contribution in [3.05, 3.63) is 115 Å². The summed E-state index contributed by atoms with van der Waals surface area (Å²) in [6.07, 6.45) is 6.73. The Morgan fingerprint density at radius 2 is 1.10 bits per heavy atom. The Hall–Kier alpha value is -2.56. The van der Waals surface area contributed by atoms with Crippen LogP contribution in [-0.4, -0.2) is 5.80 Å². The van der Waals surface area contributed by atoms with Gasteiger partial charge in [-0.25, -0.2) is 0 Å². The molecule has 1 heteroatoms. The molecular weight excluding hydrogens is 379 g/mol. The van der Waals surface area contributed by atoms with E-state index in [-0.39, 0.29) is 0 Å². The highest BCUT2D eigenvalue weighted by Crippen LogP contribution is 2.44. The van der Waals surface area contributed by atoms with E-state index >= 15 is 0 Å². The van der Waals surface area contributed by atoms with E-state index in [0.717, 1.165) is 25.7 Å². The van der Waals surface area contributed by atoms with Gasteiger partial charge in [-0.15, -0.1) is 6.58 Å². The minimum Gasteiger partial charge on any atom is -0.100 e. The molecule has 0 amide bonds. The predicted octanol–water partition coefficient (Wildman–Crippen LogP) is 6.87. The molecule has 0 aliphatic heterocycles. The Bertz CT molecular complexity index is 908. The van der Waals surface area contributed by atoms with Crippen LogP contribution in [0.4, 0.5) is 0 Å². The third-order valence-corrected chi connectivity index (χ3v) is 9.64. The van der Waals surface area contributed by atoms with Gasteiger partial charge in [0.25, 0.3) is 0 Å². The Labute approximate surface area is 183 Å². The van der Waals surface area contributed by atoms with E-state index < -0.39 is 6.89 Å². The summed E-state index contributed by atoms with van der Waals surface area (Å²) < 4.78 is 0. The summed E-state index contributed by atoms with van der Waals surface area (Å²) in [7, 11) is 0. The third kappa shape index (κ3) is 5.53. The summed E-state index contributed by atoms with van der Waals surface area (Å²) in [6.45, 7) is 6.57. The average molecular weight is 413 g/mol. The van der Waals surface area contributed by atoms with Crippen molar-refractivity contribution in [2.24, 2.45) is 0 Å². The molecule has 3 rings (SSSR count). The van der Waals surface area contributed by atoms with E-state index in [1.165, 1.54) is 27.1 Å². The lowest BCUT2D eigenvalue weighted by molar-refractivity contribution is 0.943. The Balaban J connectivity index is 2.05. The van der Waals surface area contributed by atoms with Crippen LogP contribution in [0.3, 0.4) is 0 Å². The molecule has 0 fully saturated rings. The van der Waals surface area contributed by atoms with Crippen LogP contribution in [0.15, 0.2) is 115 Å². The summed E-state index contributed by atoms with van der Waals surface area (Å²) in [5.74, 6) is 2.63. The maximum absolute atomic E-state index is 4.02. The fourth-order valence-electron chi connectivity index (χ4n) is 3.91. The zero-order valence-corrected chi connectivity index (χ0v) is 19.2. The lowest BCUT2D eigenvalue weighted by atomic mass is 10.1. The highest BCUT2D eigenvalue weighted by Gasteiger charge is 2.24. The van der Waals surface area contributed by atoms with Crippen LogP contribution in [0.5, 0.6) is 0 Å². The van der Waals surface area contributed by atoms with Gasteiger partial charge in [0.15, 0.2) is 0 Å². The molecule has 0 heterocycles. The van der Waals surface area contributed by atoms with Gasteiger partial charge < -0.3 is 0 Å². The van der Waals surface area contributed by atoms with Gasteiger partial charge >= 0.3 is 0 Å². The number of benzene rings is 3. The SMILES string of the molecule is C=C(C)CC/C=C(\C)CCC=P(c1ccccc1)(c1ccccc1)c1ccccc1. The first kappa shape index (κ1) is 22.1. The van der Waals surface area contributed by atoms with Gasteiger partial charge in [-0.05, 0) is 62.3 Å². The van der Waals surface area contributed by atoms with E-state index in [9.17, 15) is 0 Å².